The first-order chi connectivity index (χ1) is 13.6. The number of ether oxygens (including phenoxy) is 1. The third kappa shape index (κ3) is 3.87. The Morgan fingerprint density at radius 2 is 1.93 bits per heavy atom. The molecule has 0 bridgehead atoms. The Labute approximate surface area is 167 Å². The Morgan fingerprint density at radius 1 is 1.14 bits per heavy atom. The zero-order valence-corrected chi connectivity index (χ0v) is 16.2. The molecule has 1 aliphatic rings. The van der Waals surface area contributed by atoms with E-state index in [1.54, 1.807) is 31.2 Å². The number of rotatable bonds is 5. The summed E-state index contributed by atoms with van der Waals surface area (Å²) < 4.78 is 10.5. The van der Waals surface area contributed by atoms with Gasteiger partial charge in [0.1, 0.15) is 5.75 Å². The Kier molecular flexibility index (Phi) is 5.30. The fourth-order valence-electron chi connectivity index (χ4n) is 3.34. The molecule has 1 N–H and O–H groups in total. The lowest BCUT2D eigenvalue weighted by atomic mass is 9.90. The van der Waals surface area contributed by atoms with Crippen molar-refractivity contribution in [2.75, 3.05) is 5.32 Å². The van der Waals surface area contributed by atoms with Crippen molar-refractivity contribution in [3.05, 3.63) is 58.6 Å². The molecule has 0 spiro atoms. The zero-order valence-electron chi connectivity index (χ0n) is 15.4. The van der Waals surface area contributed by atoms with E-state index in [0.717, 1.165) is 18.4 Å². The number of hydrogen-bond acceptors (Lipinski definition) is 5. The van der Waals surface area contributed by atoms with Gasteiger partial charge in [0.25, 0.3) is 5.91 Å². The summed E-state index contributed by atoms with van der Waals surface area (Å²) in [4.78, 5) is 12.6. The van der Waals surface area contributed by atoms with Crippen LogP contribution in [0.25, 0.3) is 11.3 Å². The summed E-state index contributed by atoms with van der Waals surface area (Å²) in [6, 6.07) is 13.2. The first-order valence-corrected chi connectivity index (χ1v) is 9.66. The van der Waals surface area contributed by atoms with Gasteiger partial charge in [-0.15, -0.1) is 0 Å². The van der Waals surface area contributed by atoms with Gasteiger partial charge in [-0.2, -0.15) is 0 Å². The van der Waals surface area contributed by atoms with Crippen LogP contribution >= 0.6 is 11.6 Å². The van der Waals surface area contributed by atoms with Crippen LogP contribution in [0.15, 0.2) is 47.1 Å². The quantitative estimate of drug-likeness (QED) is 0.676. The second-order valence-electron chi connectivity index (χ2n) is 6.83. The summed E-state index contributed by atoms with van der Waals surface area (Å²) in [6.45, 7) is 1.64. The third-order valence-electron chi connectivity index (χ3n) is 4.86. The van der Waals surface area contributed by atoms with E-state index < -0.39 is 6.10 Å². The van der Waals surface area contributed by atoms with Crippen LogP contribution in [0.4, 0.5) is 5.82 Å². The monoisotopic (exact) mass is 397 g/mol. The van der Waals surface area contributed by atoms with Crippen LogP contribution in [0, 0.1) is 0 Å². The highest BCUT2D eigenvalue weighted by Crippen LogP contribution is 2.30. The molecule has 4 rings (SSSR count). The van der Waals surface area contributed by atoms with Crippen molar-refractivity contribution >= 4 is 23.3 Å². The topological polar surface area (TPSA) is 77.2 Å². The molecular formula is C21H20ClN3O3. The minimum atomic E-state index is -0.770. The highest BCUT2D eigenvalue weighted by atomic mass is 35.5. The molecule has 1 aromatic heterocycles. The molecule has 3 aromatic rings. The summed E-state index contributed by atoms with van der Waals surface area (Å²) in [6.07, 6.45) is 3.80. The molecule has 144 valence electrons. The fourth-order valence-corrected chi connectivity index (χ4v) is 3.52. The van der Waals surface area contributed by atoms with E-state index in [2.05, 4.69) is 27.8 Å². The number of amides is 1. The Balaban J connectivity index is 1.50. The lowest BCUT2D eigenvalue weighted by molar-refractivity contribution is -0.122. The molecule has 7 heteroatoms. The molecular weight excluding hydrogens is 378 g/mol. The van der Waals surface area contributed by atoms with Gasteiger partial charge in [-0.1, -0.05) is 35.9 Å². The lowest BCUT2D eigenvalue weighted by Gasteiger charge is -2.16. The van der Waals surface area contributed by atoms with Gasteiger partial charge in [-0.05, 0) is 72.2 Å². The van der Waals surface area contributed by atoms with Gasteiger partial charge in [0.2, 0.25) is 5.82 Å². The number of para-hydroxylation sites is 1. The van der Waals surface area contributed by atoms with E-state index in [9.17, 15) is 4.79 Å². The summed E-state index contributed by atoms with van der Waals surface area (Å²) in [5.74, 6) is 0.352. The summed E-state index contributed by atoms with van der Waals surface area (Å²) in [7, 11) is 0. The number of hydrogen-bond donors (Lipinski definition) is 1. The molecule has 1 heterocycles. The summed E-state index contributed by atoms with van der Waals surface area (Å²) >= 11 is 6.08. The van der Waals surface area contributed by atoms with Gasteiger partial charge in [0.05, 0.1) is 5.02 Å². The van der Waals surface area contributed by atoms with Crippen molar-refractivity contribution in [3.63, 3.8) is 0 Å². The van der Waals surface area contributed by atoms with E-state index in [1.165, 1.54) is 24.0 Å². The van der Waals surface area contributed by atoms with Crippen molar-refractivity contribution in [1.29, 1.82) is 0 Å². The molecule has 2 aromatic carbocycles. The first kappa shape index (κ1) is 18.5. The molecule has 6 nitrogen and oxygen atoms in total. The molecule has 0 aliphatic heterocycles. The van der Waals surface area contributed by atoms with Gasteiger partial charge in [0, 0.05) is 5.56 Å². The van der Waals surface area contributed by atoms with Crippen LogP contribution in [-0.2, 0) is 17.6 Å². The predicted octanol–water partition coefficient (Wildman–Crippen LogP) is 4.67. The minimum Gasteiger partial charge on any atom is -0.479 e. The number of nitrogens with zero attached hydrogens (tertiary/aromatic N) is 2. The Bertz CT molecular complexity index is 1000. The van der Waals surface area contributed by atoms with Gasteiger partial charge >= 0.3 is 0 Å². The first-order valence-electron chi connectivity index (χ1n) is 9.28. The maximum Gasteiger partial charge on any atom is 0.266 e. The average Bonchev–Trinajstić information content (AvgIpc) is 3.17. The maximum atomic E-state index is 12.6. The highest BCUT2D eigenvalue weighted by Gasteiger charge is 2.21. The Morgan fingerprint density at radius 3 is 2.75 bits per heavy atom. The Hall–Kier alpha value is -2.86. The largest absolute Gasteiger partial charge is 0.479 e. The normalized spacial score (nSPS) is 14.2. The number of nitrogens with one attached hydrogen (secondary N) is 1. The van der Waals surface area contributed by atoms with Crippen molar-refractivity contribution < 1.29 is 14.2 Å². The lowest BCUT2D eigenvalue weighted by Crippen LogP contribution is -2.30. The number of aryl methyl sites for hydroxylation is 2. The van der Waals surface area contributed by atoms with Crippen LogP contribution in [0.3, 0.4) is 0 Å². The number of anilines is 1. The van der Waals surface area contributed by atoms with Gasteiger partial charge < -0.3 is 10.1 Å². The maximum absolute atomic E-state index is 12.6. The van der Waals surface area contributed by atoms with Gasteiger partial charge in [-0.25, -0.2) is 4.63 Å². The minimum absolute atomic E-state index is 0.273. The van der Waals surface area contributed by atoms with E-state index in [0.29, 0.717) is 16.5 Å². The summed E-state index contributed by atoms with van der Waals surface area (Å²) in [5.41, 5.74) is 4.07. The van der Waals surface area contributed by atoms with Crippen LogP contribution in [0.2, 0.25) is 5.02 Å². The molecule has 1 aliphatic carbocycles. The van der Waals surface area contributed by atoms with Crippen LogP contribution in [-0.4, -0.2) is 22.3 Å². The van der Waals surface area contributed by atoms with Gasteiger partial charge in [0.15, 0.2) is 11.8 Å². The van der Waals surface area contributed by atoms with Crippen molar-refractivity contribution in [3.8, 4) is 17.0 Å². The average molecular weight is 398 g/mol. The second kappa shape index (κ2) is 8.02. The van der Waals surface area contributed by atoms with Crippen molar-refractivity contribution in [2.45, 2.75) is 38.7 Å². The van der Waals surface area contributed by atoms with Crippen molar-refractivity contribution in [2.24, 2.45) is 0 Å². The smallest absolute Gasteiger partial charge is 0.266 e. The van der Waals surface area contributed by atoms with Crippen LogP contribution in [0.5, 0.6) is 5.75 Å². The van der Waals surface area contributed by atoms with Crippen LogP contribution in [0.1, 0.15) is 30.9 Å². The molecule has 0 fully saturated rings. The van der Waals surface area contributed by atoms with Gasteiger partial charge in [-0.3, -0.25) is 4.79 Å². The highest BCUT2D eigenvalue weighted by molar-refractivity contribution is 6.32. The number of carbonyl (C=O) groups is 1. The third-order valence-corrected chi connectivity index (χ3v) is 5.17. The molecule has 0 saturated heterocycles. The molecule has 0 saturated carbocycles. The van der Waals surface area contributed by atoms with Crippen molar-refractivity contribution in [1.82, 2.24) is 10.3 Å². The number of carbonyl (C=O) groups excluding carboxylic acids is 1. The fraction of sp³-hybridized carbons (Fsp3) is 0.286. The number of halogens is 1. The summed E-state index contributed by atoms with van der Waals surface area (Å²) in [5, 5.41) is 11.0. The van der Waals surface area contributed by atoms with E-state index in [4.69, 9.17) is 21.0 Å². The standard InChI is InChI=1S/C21H20ClN3O3/c1-13(27-18-9-5-4-8-17(18)22)21(26)23-20-19(24-28-25-20)16-11-10-14-6-2-3-7-15(14)12-16/h4-5,8-13H,2-3,6-7H2,1H3,(H,23,25,26). The van der Waals surface area contributed by atoms with E-state index >= 15 is 0 Å². The van der Waals surface area contributed by atoms with Crippen LogP contribution < -0.4 is 10.1 Å². The predicted molar refractivity (Wildman–Crippen MR) is 107 cm³/mol. The number of fused-ring (bicyclic) bond motifs is 1. The molecule has 1 amide bonds. The second-order valence-corrected chi connectivity index (χ2v) is 7.24. The number of aromatic nitrogens is 2. The van der Waals surface area contributed by atoms with E-state index in [1.807, 2.05) is 6.07 Å². The molecule has 28 heavy (non-hydrogen) atoms. The zero-order chi connectivity index (χ0) is 19.5. The molecule has 1 unspecified atom stereocenters. The number of benzene rings is 2. The SMILES string of the molecule is CC(Oc1ccccc1Cl)C(=O)Nc1nonc1-c1ccc2c(c1)CCCC2. The molecule has 0 radical (unpaired) electrons. The molecule has 1 atom stereocenters. The van der Waals surface area contributed by atoms with E-state index in [-0.39, 0.29) is 11.7 Å².